The first-order valence-corrected chi connectivity index (χ1v) is 6.12. The number of nitrogens with zero attached hydrogens (tertiary/aromatic N) is 3. The molecule has 1 aromatic carbocycles. The number of hydrogen-bond acceptors (Lipinski definition) is 6. The Morgan fingerprint density at radius 1 is 1.25 bits per heavy atom. The van der Waals surface area contributed by atoms with Crippen LogP contribution < -0.4 is 14.8 Å². The fourth-order valence-corrected chi connectivity index (χ4v) is 1.43. The Bertz CT molecular complexity index is 527. The van der Waals surface area contributed by atoms with Crippen LogP contribution in [-0.2, 0) is 11.3 Å². The quantitative estimate of drug-likeness (QED) is 0.754. The maximum Gasteiger partial charge on any atom is 0.258 e. The number of rotatable bonds is 7. The molecule has 0 aliphatic rings. The van der Waals surface area contributed by atoms with Gasteiger partial charge in [0.1, 0.15) is 11.5 Å². The summed E-state index contributed by atoms with van der Waals surface area (Å²) < 4.78 is 10.6. The highest BCUT2D eigenvalue weighted by atomic mass is 16.5. The van der Waals surface area contributed by atoms with Crippen molar-refractivity contribution in [3.05, 3.63) is 30.1 Å². The van der Waals surface area contributed by atoms with E-state index in [0.29, 0.717) is 18.2 Å². The molecule has 0 aliphatic carbocycles. The third-order valence-corrected chi connectivity index (χ3v) is 2.34. The monoisotopic (exact) mass is 277 g/mol. The number of tetrazole rings is 1. The van der Waals surface area contributed by atoms with Gasteiger partial charge in [-0.1, -0.05) is 5.21 Å². The summed E-state index contributed by atoms with van der Waals surface area (Å²) in [7, 11) is 0. The van der Waals surface area contributed by atoms with Crippen molar-refractivity contribution in [1.29, 1.82) is 0 Å². The summed E-state index contributed by atoms with van der Waals surface area (Å²) in [5, 5.41) is 15.7. The van der Waals surface area contributed by atoms with E-state index in [1.807, 2.05) is 6.92 Å². The molecule has 8 nitrogen and oxygen atoms in total. The number of aromatic nitrogens is 4. The zero-order chi connectivity index (χ0) is 14.2. The lowest BCUT2D eigenvalue weighted by Gasteiger charge is -2.07. The topological polar surface area (TPSA) is 102 Å². The highest BCUT2D eigenvalue weighted by molar-refractivity contribution is 5.77. The molecule has 0 radical (unpaired) electrons. The van der Waals surface area contributed by atoms with Crippen molar-refractivity contribution in [2.75, 3.05) is 13.2 Å². The van der Waals surface area contributed by atoms with Crippen molar-refractivity contribution < 1.29 is 14.3 Å². The number of amides is 1. The first-order chi connectivity index (χ1) is 9.78. The zero-order valence-electron chi connectivity index (χ0n) is 11.0. The average Bonchev–Trinajstić information content (AvgIpc) is 2.98. The van der Waals surface area contributed by atoms with Gasteiger partial charge in [0.15, 0.2) is 12.4 Å². The smallest absolute Gasteiger partial charge is 0.258 e. The van der Waals surface area contributed by atoms with Gasteiger partial charge in [0.25, 0.3) is 5.91 Å². The zero-order valence-corrected chi connectivity index (χ0v) is 11.0. The summed E-state index contributed by atoms with van der Waals surface area (Å²) in [6.07, 6.45) is 0. The van der Waals surface area contributed by atoms with Gasteiger partial charge in [-0.2, -0.15) is 5.21 Å². The van der Waals surface area contributed by atoms with E-state index in [-0.39, 0.29) is 19.1 Å². The van der Waals surface area contributed by atoms with Gasteiger partial charge < -0.3 is 14.8 Å². The maximum absolute atomic E-state index is 11.5. The highest BCUT2D eigenvalue weighted by Gasteiger charge is 2.05. The van der Waals surface area contributed by atoms with E-state index in [2.05, 4.69) is 25.9 Å². The van der Waals surface area contributed by atoms with E-state index in [4.69, 9.17) is 9.47 Å². The predicted octanol–water partition coefficient (Wildman–Crippen LogP) is 0.294. The van der Waals surface area contributed by atoms with E-state index in [1.165, 1.54) is 0 Å². The Hall–Kier alpha value is -2.64. The van der Waals surface area contributed by atoms with Gasteiger partial charge in [0, 0.05) is 0 Å². The minimum Gasteiger partial charge on any atom is -0.494 e. The third-order valence-electron chi connectivity index (χ3n) is 2.34. The third kappa shape index (κ3) is 4.23. The molecule has 1 aromatic heterocycles. The number of nitrogens with one attached hydrogen (secondary N) is 2. The second kappa shape index (κ2) is 7.07. The normalized spacial score (nSPS) is 10.1. The molecule has 0 aliphatic heterocycles. The number of aromatic amines is 1. The Balaban J connectivity index is 1.72. The summed E-state index contributed by atoms with van der Waals surface area (Å²) in [5.74, 6) is 1.52. The molecule has 0 spiro atoms. The Morgan fingerprint density at radius 3 is 2.55 bits per heavy atom. The molecule has 2 N–H and O–H groups in total. The Morgan fingerprint density at radius 2 is 1.95 bits per heavy atom. The number of carbonyl (C=O) groups excluding carboxylic acids is 1. The van der Waals surface area contributed by atoms with Crippen molar-refractivity contribution in [2.24, 2.45) is 0 Å². The molecule has 0 unspecified atom stereocenters. The Kier molecular flexibility index (Phi) is 4.87. The van der Waals surface area contributed by atoms with Crippen molar-refractivity contribution in [3.8, 4) is 11.5 Å². The van der Waals surface area contributed by atoms with Crippen LogP contribution in [0.4, 0.5) is 0 Å². The molecular formula is C12H15N5O3. The van der Waals surface area contributed by atoms with Crippen molar-refractivity contribution in [2.45, 2.75) is 13.5 Å². The van der Waals surface area contributed by atoms with Crippen LogP contribution in [0.2, 0.25) is 0 Å². The standard InChI is InChI=1S/C12H15N5O3/c1-2-19-9-3-5-10(6-4-9)20-8-12(18)13-7-11-14-16-17-15-11/h3-6H,2,7-8H2,1H3,(H,13,18)(H,14,15,16,17). The molecule has 2 aromatic rings. The van der Waals surface area contributed by atoms with E-state index >= 15 is 0 Å². The number of carbonyl (C=O) groups is 1. The molecule has 8 heteroatoms. The molecule has 0 saturated heterocycles. The minimum absolute atomic E-state index is 0.0775. The van der Waals surface area contributed by atoms with Crippen LogP contribution in [0.25, 0.3) is 0 Å². The summed E-state index contributed by atoms with van der Waals surface area (Å²) in [6.45, 7) is 2.66. The van der Waals surface area contributed by atoms with E-state index in [9.17, 15) is 4.79 Å². The second-order valence-corrected chi connectivity index (χ2v) is 3.80. The largest absolute Gasteiger partial charge is 0.494 e. The molecule has 106 valence electrons. The molecule has 1 heterocycles. The maximum atomic E-state index is 11.5. The van der Waals surface area contributed by atoms with Gasteiger partial charge in [-0.25, -0.2) is 0 Å². The molecule has 0 fully saturated rings. The molecule has 0 atom stereocenters. The molecule has 1 amide bonds. The summed E-state index contributed by atoms with van der Waals surface area (Å²) in [5.41, 5.74) is 0. The lowest BCUT2D eigenvalue weighted by Crippen LogP contribution is -2.28. The molecule has 0 bridgehead atoms. The van der Waals surface area contributed by atoms with Gasteiger partial charge in [0.2, 0.25) is 0 Å². The first kappa shape index (κ1) is 13.8. The van der Waals surface area contributed by atoms with Gasteiger partial charge in [-0.3, -0.25) is 4.79 Å². The fourth-order valence-electron chi connectivity index (χ4n) is 1.43. The minimum atomic E-state index is -0.260. The van der Waals surface area contributed by atoms with Crippen LogP contribution in [0, 0.1) is 0 Å². The van der Waals surface area contributed by atoms with Gasteiger partial charge in [-0.05, 0) is 31.2 Å². The lowest BCUT2D eigenvalue weighted by molar-refractivity contribution is -0.123. The van der Waals surface area contributed by atoms with Crippen LogP contribution in [-0.4, -0.2) is 39.7 Å². The molecule has 0 saturated carbocycles. The van der Waals surface area contributed by atoms with Gasteiger partial charge in [0.05, 0.1) is 13.2 Å². The number of ether oxygens (including phenoxy) is 2. The van der Waals surface area contributed by atoms with Crippen LogP contribution in [0.3, 0.4) is 0 Å². The fraction of sp³-hybridized carbons (Fsp3) is 0.333. The predicted molar refractivity (Wildman–Crippen MR) is 69.1 cm³/mol. The van der Waals surface area contributed by atoms with Crippen LogP contribution >= 0.6 is 0 Å². The SMILES string of the molecule is CCOc1ccc(OCC(=O)NCc2nn[nH]n2)cc1. The van der Waals surface area contributed by atoms with Crippen molar-refractivity contribution in [1.82, 2.24) is 25.9 Å². The van der Waals surface area contributed by atoms with Gasteiger partial charge >= 0.3 is 0 Å². The molecule has 2 rings (SSSR count). The lowest BCUT2D eigenvalue weighted by atomic mass is 10.3. The van der Waals surface area contributed by atoms with Gasteiger partial charge in [-0.15, -0.1) is 10.2 Å². The summed E-state index contributed by atoms with van der Waals surface area (Å²) in [6, 6.07) is 7.07. The first-order valence-electron chi connectivity index (χ1n) is 6.12. The van der Waals surface area contributed by atoms with E-state index in [0.717, 1.165) is 5.75 Å². The Labute approximate surface area is 115 Å². The average molecular weight is 277 g/mol. The summed E-state index contributed by atoms with van der Waals surface area (Å²) >= 11 is 0. The summed E-state index contributed by atoms with van der Waals surface area (Å²) in [4.78, 5) is 11.5. The van der Waals surface area contributed by atoms with Crippen molar-refractivity contribution >= 4 is 5.91 Å². The highest BCUT2D eigenvalue weighted by Crippen LogP contribution is 2.17. The second-order valence-electron chi connectivity index (χ2n) is 3.80. The van der Waals surface area contributed by atoms with Crippen LogP contribution in [0.15, 0.2) is 24.3 Å². The van der Waals surface area contributed by atoms with Crippen molar-refractivity contribution in [3.63, 3.8) is 0 Å². The van der Waals surface area contributed by atoms with Crippen LogP contribution in [0.5, 0.6) is 11.5 Å². The van der Waals surface area contributed by atoms with E-state index in [1.54, 1.807) is 24.3 Å². The number of benzene rings is 1. The number of hydrogen-bond donors (Lipinski definition) is 2. The number of H-pyrrole nitrogens is 1. The molecular weight excluding hydrogens is 262 g/mol. The molecule has 20 heavy (non-hydrogen) atoms. The van der Waals surface area contributed by atoms with Crippen LogP contribution in [0.1, 0.15) is 12.7 Å². The van der Waals surface area contributed by atoms with E-state index < -0.39 is 0 Å².